The van der Waals surface area contributed by atoms with Crippen LogP contribution in [-0.4, -0.2) is 17.3 Å². The summed E-state index contributed by atoms with van der Waals surface area (Å²) in [6.45, 7) is 0. The molecule has 1 aliphatic rings. The van der Waals surface area contributed by atoms with Crippen LogP contribution >= 0.6 is 11.6 Å². The highest BCUT2D eigenvalue weighted by Crippen LogP contribution is 2.33. The summed E-state index contributed by atoms with van der Waals surface area (Å²) in [6.07, 6.45) is 3.97. The van der Waals surface area contributed by atoms with Crippen molar-refractivity contribution >= 4 is 22.5 Å². The fourth-order valence-electron chi connectivity index (χ4n) is 1.10. The van der Waals surface area contributed by atoms with Gasteiger partial charge in [0, 0.05) is 12.0 Å². The molecule has 1 aromatic heterocycles. The zero-order chi connectivity index (χ0) is 9.97. The van der Waals surface area contributed by atoms with Gasteiger partial charge in [0.15, 0.2) is 0 Å². The third-order valence-corrected chi connectivity index (χ3v) is 2.47. The fraction of sp³-hybridized carbons (Fsp3) is 0.400. The van der Waals surface area contributed by atoms with E-state index in [0.29, 0.717) is 17.0 Å². The Bertz CT molecular complexity index is 344. The number of aromatic nitrogens is 1. The van der Waals surface area contributed by atoms with E-state index in [1.165, 1.54) is 0 Å². The molecule has 2 rings (SSSR count). The van der Waals surface area contributed by atoms with Gasteiger partial charge in [0.25, 0.3) is 0 Å². The minimum absolute atomic E-state index is 0.485. The third kappa shape index (κ3) is 2.23. The van der Waals surface area contributed by atoms with Crippen molar-refractivity contribution < 1.29 is 4.74 Å². The molecular formula is C10H11ClN2O. The van der Waals surface area contributed by atoms with Crippen LogP contribution in [0.15, 0.2) is 23.3 Å². The predicted molar refractivity (Wildman–Crippen MR) is 56.5 cm³/mol. The molecule has 0 radical (unpaired) electrons. The average Bonchev–Trinajstić information content (AvgIpc) is 3.02. The number of halogens is 1. The summed E-state index contributed by atoms with van der Waals surface area (Å²) in [5.41, 5.74) is 0.780. The van der Waals surface area contributed by atoms with E-state index in [1.54, 1.807) is 19.4 Å². The first-order valence-corrected chi connectivity index (χ1v) is 4.91. The van der Waals surface area contributed by atoms with Crippen LogP contribution in [0.1, 0.15) is 12.8 Å². The Morgan fingerprint density at radius 1 is 1.57 bits per heavy atom. The minimum atomic E-state index is 0.485. The highest BCUT2D eigenvalue weighted by atomic mass is 35.5. The third-order valence-electron chi connectivity index (χ3n) is 2.08. The monoisotopic (exact) mass is 210 g/mol. The molecule has 1 aliphatic carbocycles. The molecular weight excluding hydrogens is 200 g/mol. The SMILES string of the molecule is COc1ccc(/N=C(\Cl)C2CC2)cn1. The smallest absolute Gasteiger partial charge is 0.213 e. The zero-order valence-electron chi connectivity index (χ0n) is 7.90. The van der Waals surface area contributed by atoms with Crippen LogP contribution in [-0.2, 0) is 0 Å². The molecule has 1 aromatic rings. The number of pyridine rings is 1. The molecule has 4 heteroatoms. The van der Waals surface area contributed by atoms with Crippen LogP contribution in [0, 0.1) is 5.92 Å². The second-order valence-electron chi connectivity index (χ2n) is 3.27. The summed E-state index contributed by atoms with van der Waals surface area (Å²) in [7, 11) is 1.59. The molecule has 0 spiro atoms. The van der Waals surface area contributed by atoms with E-state index in [9.17, 15) is 0 Å². The number of hydrogen-bond acceptors (Lipinski definition) is 3. The first-order valence-electron chi connectivity index (χ1n) is 4.53. The Balaban J connectivity index is 2.12. The maximum atomic E-state index is 5.98. The number of ether oxygens (including phenoxy) is 1. The van der Waals surface area contributed by atoms with Gasteiger partial charge in [0.05, 0.1) is 19.0 Å². The molecule has 0 N–H and O–H groups in total. The molecule has 74 valence electrons. The fourth-order valence-corrected chi connectivity index (χ4v) is 1.41. The summed E-state index contributed by atoms with van der Waals surface area (Å²) in [4.78, 5) is 8.30. The molecule has 3 nitrogen and oxygen atoms in total. The van der Waals surface area contributed by atoms with Gasteiger partial charge in [-0.2, -0.15) is 0 Å². The molecule has 14 heavy (non-hydrogen) atoms. The lowest BCUT2D eigenvalue weighted by atomic mass is 10.4. The minimum Gasteiger partial charge on any atom is -0.481 e. The summed E-state index contributed by atoms with van der Waals surface area (Å²) in [6, 6.07) is 3.62. The lowest BCUT2D eigenvalue weighted by molar-refractivity contribution is 0.398. The van der Waals surface area contributed by atoms with Gasteiger partial charge in [0.2, 0.25) is 5.88 Å². The van der Waals surface area contributed by atoms with E-state index in [2.05, 4.69) is 9.98 Å². The van der Waals surface area contributed by atoms with Gasteiger partial charge in [-0.05, 0) is 18.9 Å². The van der Waals surface area contributed by atoms with E-state index in [0.717, 1.165) is 18.5 Å². The van der Waals surface area contributed by atoms with Crippen molar-refractivity contribution in [2.45, 2.75) is 12.8 Å². The average molecular weight is 211 g/mol. The van der Waals surface area contributed by atoms with Crippen molar-refractivity contribution in [3.05, 3.63) is 18.3 Å². The Hall–Kier alpha value is -1.09. The van der Waals surface area contributed by atoms with Crippen molar-refractivity contribution in [2.24, 2.45) is 10.9 Å². The van der Waals surface area contributed by atoms with Gasteiger partial charge >= 0.3 is 0 Å². The van der Waals surface area contributed by atoms with Crippen LogP contribution in [0.2, 0.25) is 0 Å². The van der Waals surface area contributed by atoms with Crippen molar-refractivity contribution in [1.82, 2.24) is 4.98 Å². The molecule has 0 aromatic carbocycles. The van der Waals surface area contributed by atoms with E-state index in [1.807, 2.05) is 6.07 Å². The Morgan fingerprint density at radius 3 is 2.86 bits per heavy atom. The van der Waals surface area contributed by atoms with Gasteiger partial charge in [-0.25, -0.2) is 9.98 Å². The van der Waals surface area contributed by atoms with Gasteiger partial charge < -0.3 is 4.74 Å². The summed E-state index contributed by atoms with van der Waals surface area (Å²) >= 11 is 5.98. The Labute approximate surface area is 87.8 Å². The molecule has 0 unspecified atom stereocenters. The second-order valence-corrected chi connectivity index (χ2v) is 3.65. The van der Waals surface area contributed by atoms with Crippen molar-refractivity contribution in [3.63, 3.8) is 0 Å². The molecule has 1 saturated carbocycles. The largest absolute Gasteiger partial charge is 0.481 e. The normalized spacial score (nSPS) is 16.9. The van der Waals surface area contributed by atoms with Crippen molar-refractivity contribution in [1.29, 1.82) is 0 Å². The maximum absolute atomic E-state index is 5.98. The molecule has 0 bridgehead atoms. The topological polar surface area (TPSA) is 34.5 Å². The van der Waals surface area contributed by atoms with Crippen LogP contribution in [0.3, 0.4) is 0 Å². The number of methoxy groups -OCH3 is 1. The van der Waals surface area contributed by atoms with Crippen molar-refractivity contribution in [2.75, 3.05) is 7.11 Å². The summed E-state index contributed by atoms with van der Waals surface area (Å²) < 4.78 is 4.94. The Kier molecular flexibility index (Phi) is 2.68. The Morgan fingerprint density at radius 2 is 2.36 bits per heavy atom. The van der Waals surface area contributed by atoms with E-state index in [4.69, 9.17) is 16.3 Å². The molecule has 0 amide bonds. The lowest BCUT2D eigenvalue weighted by Crippen LogP contribution is -1.89. The molecule has 0 atom stereocenters. The van der Waals surface area contributed by atoms with Crippen molar-refractivity contribution in [3.8, 4) is 5.88 Å². The van der Waals surface area contributed by atoms with Crippen LogP contribution < -0.4 is 4.74 Å². The van der Waals surface area contributed by atoms with E-state index >= 15 is 0 Å². The van der Waals surface area contributed by atoms with Crippen LogP contribution in [0.4, 0.5) is 5.69 Å². The van der Waals surface area contributed by atoms with E-state index < -0.39 is 0 Å². The zero-order valence-corrected chi connectivity index (χ0v) is 8.66. The standard InChI is InChI=1S/C10H11ClN2O/c1-14-9-5-4-8(6-12-9)13-10(11)7-2-3-7/h4-7H,2-3H2,1H3/b13-10-. The molecule has 0 aliphatic heterocycles. The number of rotatable bonds is 3. The molecule has 1 fully saturated rings. The quantitative estimate of drug-likeness (QED) is 0.719. The lowest BCUT2D eigenvalue weighted by Gasteiger charge is -1.98. The summed E-state index contributed by atoms with van der Waals surface area (Å²) in [5, 5.41) is 0.692. The van der Waals surface area contributed by atoms with Gasteiger partial charge in [-0.3, -0.25) is 0 Å². The second kappa shape index (κ2) is 3.96. The first-order chi connectivity index (χ1) is 6.79. The number of hydrogen-bond donors (Lipinski definition) is 0. The predicted octanol–water partition coefficient (Wildman–Crippen LogP) is 2.77. The number of aliphatic imine (C=N–C) groups is 1. The summed E-state index contributed by atoms with van der Waals surface area (Å²) in [5.74, 6) is 1.07. The van der Waals surface area contributed by atoms with Crippen LogP contribution in [0.5, 0.6) is 5.88 Å². The molecule has 0 saturated heterocycles. The van der Waals surface area contributed by atoms with Gasteiger partial charge in [-0.15, -0.1) is 0 Å². The number of nitrogens with zero attached hydrogens (tertiary/aromatic N) is 2. The highest BCUT2D eigenvalue weighted by molar-refractivity contribution is 6.66. The highest BCUT2D eigenvalue weighted by Gasteiger charge is 2.26. The van der Waals surface area contributed by atoms with Gasteiger partial charge in [0.1, 0.15) is 5.17 Å². The van der Waals surface area contributed by atoms with Gasteiger partial charge in [-0.1, -0.05) is 11.6 Å². The van der Waals surface area contributed by atoms with Crippen LogP contribution in [0.25, 0.3) is 0 Å². The first kappa shape index (κ1) is 9.46. The van der Waals surface area contributed by atoms with E-state index in [-0.39, 0.29) is 0 Å². The maximum Gasteiger partial charge on any atom is 0.213 e. The molecule has 1 heterocycles.